The van der Waals surface area contributed by atoms with Crippen LogP contribution in [0.15, 0.2) is 18.3 Å². The van der Waals surface area contributed by atoms with Crippen LogP contribution in [-0.2, 0) is 4.79 Å². The SMILES string of the molecule is COc1cc2nn([C@@H]3CCC(=O)C[C@H]3C)cc2cc1C(N)=O. The van der Waals surface area contributed by atoms with E-state index in [1.54, 1.807) is 12.1 Å². The number of carbonyl (C=O) groups excluding carboxylic acids is 2. The zero-order chi connectivity index (χ0) is 15.9. The topological polar surface area (TPSA) is 87.2 Å². The van der Waals surface area contributed by atoms with Crippen LogP contribution in [0.2, 0.25) is 0 Å². The van der Waals surface area contributed by atoms with Gasteiger partial charge in [-0.25, -0.2) is 0 Å². The Morgan fingerprint density at radius 1 is 1.45 bits per heavy atom. The quantitative estimate of drug-likeness (QED) is 0.940. The van der Waals surface area contributed by atoms with Gasteiger partial charge in [0.05, 0.1) is 24.2 Å². The van der Waals surface area contributed by atoms with Gasteiger partial charge in [0.2, 0.25) is 0 Å². The Bertz CT molecular complexity index is 750. The predicted molar refractivity (Wildman–Crippen MR) is 81.9 cm³/mol. The second-order valence-electron chi connectivity index (χ2n) is 5.91. The van der Waals surface area contributed by atoms with E-state index in [0.717, 1.165) is 17.3 Å². The minimum absolute atomic E-state index is 0.202. The van der Waals surface area contributed by atoms with Crippen LogP contribution in [-0.4, -0.2) is 28.6 Å². The van der Waals surface area contributed by atoms with Crippen LogP contribution in [0.3, 0.4) is 0 Å². The molecule has 1 amide bonds. The highest BCUT2D eigenvalue weighted by atomic mass is 16.5. The highest BCUT2D eigenvalue weighted by molar-refractivity contribution is 6.00. The summed E-state index contributed by atoms with van der Waals surface area (Å²) in [6.45, 7) is 2.07. The van der Waals surface area contributed by atoms with E-state index < -0.39 is 5.91 Å². The van der Waals surface area contributed by atoms with Crippen molar-refractivity contribution in [2.24, 2.45) is 11.7 Å². The number of hydrogen-bond donors (Lipinski definition) is 1. The molecule has 1 aliphatic rings. The number of nitrogens with two attached hydrogens (primary N) is 1. The van der Waals surface area contributed by atoms with Crippen LogP contribution in [0.1, 0.15) is 42.6 Å². The molecule has 1 heterocycles. The molecule has 2 atom stereocenters. The van der Waals surface area contributed by atoms with Crippen molar-refractivity contribution in [3.05, 3.63) is 23.9 Å². The molecule has 6 nitrogen and oxygen atoms in total. The van der Waals surface area contributed by atoms with E-state index in [1.807, 2.05) is 10.9 Å². The van der Waals surface area contributed by atoms with Crippen molar-refractivity contribution in [3.8, 4) is 5.75 Å². The van der Waals surface area contributed by atoms with Gasteiger partial charge in [0, 0.05) is 30.5 Å². The van der Waals surface area contributed by atoms with Gasteiger partial charge in [-0.3, -0.25) is 14.3 Å². The molecule has 116 valence electrons. The summed E-state index contributed by atoms with van der Waals surface area (Å²) in [4.78, 5) is 23.0. The molecule has 0 aliphatic heterocycles. The number of amides is 1. The second kappa shape index (κ2) is 5.44. The Morgan fingerprint density at radius 3 is 2.86 bits per heavy atom. The van der Waals surface area contributed by atoms with Crippen molar-refractivity contribution < 1.29 is 14.3 Å². The lowest BCUT2D eigenvalue weighted by Crippen LogP contribution is -2.26. The van der Waals surface area contributed by atoms with Crippen molar-refractivity contribution in [2.45, 2.75) is 32.2 Å². The van der Waals surface area contributed by atoms with E-state index in [2.05, 4.69) is 12.0 Å². The van der Waals surface area contributed by atoms with Crippen LogP contribution in [0.25, 0.3) is 10.9 Å². The van der Waals surface area contributed by atoms with Gasteiger partial charge in [-0.05, 0) is 18.4 Å². The van der Waals surface area contributed by atoms with Crippen LogP contribution >= 0.6 is 0 Å². The van der Waals surface area contributed by atoms with Crippen LogP contribution in [0.5, 0.6) is 5.75 Å². The first-order chi connectivity index (χ1) is 10.5. The maximum atomic E-state index is 11.5. The van der Waals surface area contributed by atoms with E-state index in [-0.39, 0.29) is 12.0 Å². The van der Waals surface area contributed by atoms with E-state index in [0.29, 0.717) is 29.9 Å². The maximum Gasteiger partial charge on any atom is 0.252 e. The highest BCUT2D eigenvalue weighted by Crippen LogP contribution is 2.33. The Kier molecular flexibility index (Phi) is 3.60. The van der Waals surface area contributed by atoms with Gasteiger partial charge in [0.15, 0.2) is 0 Å². The first-order valence-corrected chi connectivity index (χ1v) is 7.38. The van der Waals surface area contributed by atoms with E-state index >= 15 is 0 Å². The third-order valence-corrected chi connectivity index (χ3v) is 4.37. The number of carbonyl (C=O) groups is 2. The van der Waals surface area contributed by atoms with Crippen LogP contribution < -0.4 is 10.5 Å². The Hall–Kier alpha value is -2.37. The van der Waals surface area contributed by atoms with Gasteiger partial charge in [0.25, 0.3) is 5.91 Å². The molecule has 0 unspecified atom stereocenters. The smallest absolute Gasteiger partial charge is 0.252 e. The summed E-state index contributed by atoms with van der Waals surface area (Å²) < 4.78 is 7.12. The molecule has 0 radical (unpaired) electrons. The van der Waals surface area contributed by atoms with E-state index in [1.165, 1.54) is 7.11 Å². The van der Waals surface area contributed by atoms with Crippen molar-refractivity contribution in [1.29, 1.82) is 0 Å². The molecular weight excluding hydrogens is 282 g/mol. The summed E-state index contributed by atoms with van der Waals surface area (Å²) >= 11 is 0. The number of nitrogens with zero attached hydrogens (tertiary/aromatic N) is 2. The van der Waals surface area contributed by atoms with Gasteiger partial charge in [-0.2, -0.15) is 5.10 Å². The minimum Gasteiger partial charge on any atom is -0.496 e. The molecule has 2 aromatic rings. The molecule has 0 saturated heterocycles. The van der Waals surface area contributed by atoms with Crippen molar-refractivity contribution in [3.63, 3.8) is 0 Å². The van der Waals surface area contributed by atoms with Gasteiger partial charge >= 0.3 is 0 Å². The summed E-state index contributed by atoms with van der Waals surface area (Å²) in [6, 6.07) is 3.64. The van der Waals surface area contributed by atoms with Gasteiger partial charge < -0.3 is 10.5 Å². The molecule has 22 heavy (non-hydrogen) atoms. The summed E-state index contributed by atoms with van der Waals surface area (Å²) in [5.41, 5.74) is 6.49. The van der Waals surface area contributed by atoms with Crippen molar-refractivity contribution >= 4 is 22.6 Å². The summed E-state index contributed by atoms with van der Waals surface area (Å²) in [7, 11) is 1.50. The fourth-order valence-corrected chi connectivity index (χ4v) is 3.19. The Labute approximate surface area is 128 Å². The molecule has 1 aliphatic carbocycles. The van der Waals surface area contributed by atoms with E-state index in [9.17, 15) is 9.59 Å². The fourth-order valence-electron chi connectivity index (χ4n) is 3.19. The number of fused-ring (bicyclic) bond motifs is 1. The third-order valence-electron chi connectivity index (χ3n) is 4.37. The molecular formula is C16H19N3O3. The number of methoxy groups -OCH3 is 1. The standard InChI is InChI=1S/C16H19N3O3/c1-9-5-11(20)3-4-14(9)19-8-10-6-12(16(17)21)15(22-2)7-13(10)18-19/h6-9,14H,3-5H2,1-2H3,(H2,17,21)/t9-,14-/m1/s1. The molecule has 0 bridgehead atoms. The normalized spacial score (nSPS) is 22.0. The van der Waals surface area contributed by atoms with Crippen LogP contribution in [0, 0.1) is 5.92 Å². The number of ketones is 1. The number of ether oxygens (including phenoxy) is 1. The monoisotopic (exact) mass is 301 g/mol. The van der Waals surface area contributed by atoms with E-state index in [4.69, 9.17) is 10.5 Å². The Morgan fingerprint density at radius 2 is 2.23 bits per heavy atom. The average molecular weight is 301 g/mol. The minimum atomic E-state index is -0.525. The molecule has 3 rings (SSSR count). The number of benzene rings is 1. The third kappa shape index (κ3) is 2.45. The first-order valence-electron chi connectivity index (χ1n) is 7.38. The largest absolute Gasteiger partial charge is 0.496 e. The lowest BCUT2D eigenvalue weighted by atomic mass is 9.85. The fraction of sp³-hybridized carbons (Fsp3) is 0.438. The van der Waals surface area contributed by atoms with Gasteiger partial charge in [-0.15, -0.1) is 0 Å². The van der Waals surface area contributed by atoms with Crippen molar-refractivity contribution in [1.82, 2.24) is 9.78 Å². The summed E-state index contributed by atoms with van der Waals surface area (Å²) in [6.07, 6.45) is 3.91. The maximum absolute atomic E-state index is 11.5. The molecule has 2 N–H and O–H groups in total. The lowest BCUT2D eigenvalue weighted by Gasteiger charge is -2.28. The second-order valence-corrected chi connectivity index (χ2v) is 5.91. The number of aromatic nitrogens is 2. The summed E-state index contributed by atoms with van der Waals surface area (Å²) in [5, 5.41) is 5.44. The molecule has 1 fully saturated rings. The number of hydrogen-bond acceptors (Lipinski definition) is 4. The molecule has 1 aromatic carbocycles. The predicted octanol–water partition coefficient (Wildman–Crippen LogP) is 2.07. The molecule has 1 saturated carbocycles. The first kappa shape index (κ1) is 14.6. The van der Waals surface area contributed by atoms with Crippen molar-refractivity contribution in [2.75, 3.05) is 7.11 Å². The number of Topliss-reactive ketones (excluding diaryl/α,β-unsaturated/α-hetero) is 1. The Balaban J connectivity index is 2.02. The average Bonchev–Trinajstić information content (AvgIpc) is 2.88. The zero-order valence-corrected chi connectivity index (χ0v) is 12.7. The molecule has 0 spiro atoms. The molecule has 6 heteroatoms. The number of primary amides is 1. The highest BCUT2D eigenvalue weighted by Gasteiger charge is 2.28. The van der Waals surface area contributed by atoms with Crippen LogP contribution in [0.4, 0.5) is 0 Å². The van der Waals surface area contributed by atoms with Gasteiger partial charge in [0.1, 0.15) is 11.5 Å². The summed E-state index contributed by atoms with van der Waals surface area (Å²) in [5.74, 6) is 0.478. The number of rotatable bonds is 3. The van der Waals surface area contributed by atoms with Gasteiger partial charge in [-0.1, -0.05) is 6.92 Å². The zero-order valence-electron chi connectivity index (χ0n) is 12.7. The lowest BCUT2D eigenvalue weighted by molar-refractivity contribution is -0.122. The molecule has 1 aromatic heterocycles.